The summed E-state index contributed by atoms with van der Waals surface area (Å²) in [5.41, 5.74) is 0.440. The zero-order valence-electron chi connectivity index (χ0n) is 19.5. The summed E-state index contributed by atoms with van der Waals surface area (Å²) in [4.78, 5) is 14.9. The van der Waals surface area contributed by atoms with Crippen molar-refractivity contribution in [3.63, 3.8) is 0 Å². The number of piperidine rings is 1. The Kier molecular flexibility index (Phi) is 5.48. The molecule has 0 aliphatic carbocycles. The zero-order chi connectivity index (χ0) is 24.9. The maximum Gasteiger partial charge on any atom is 0.419 e. The molecule has 188 valence electrons. The number of nitrogens with zero attached hydrogens (tertiary/aromatic N) is 2. The Hall–Kier alpha value is -3.46. The van der Waals surface area contributed by atoms with E-state index in [4.69, 9.17) is 14.2 Å². The average molecular weight is 499 g/mol. The van der Waals surface area contributed by atoms with Crippen LogP contribution in [0, 0.1) is 0 Å². The minimum absolute atomic E-state index is 0.00780. The molecule has 1 amide bonds. The first-order valence-corrected chi connectivity index (χ1v) is 12.1. The highest BCUT2D eigenvalue weighted by Crippen LogP contribution is 2.45. The third kappa shape index (κ3) is 3.91. The fourth-order valence-corrected chi connectivity index (χ4v) is 5.35. The van der Waals surface area contributed by atoms with Crippen LogP contribution >= 0.6 is 0 Å². The highest BCUT2D eigenvalue weighted by Gasteiger charge is 2.45. The van der Waals surface area contributed by atoms with Crippen LogP contribution in [0.15, 0.2) is 60.8 Å². The van der Waals surface area contributed by atoms with E-state index >= 15 is 0 Å². The number of hydrogen-bond acceptors (Lipinski definition) is 4. The number of para-hydroxylation sites is 2. The van der Waals surface area contributed by atoms with Gasteiger partial charge in [-0.05, 0) is 42.5 Å². The van der Waals surface area contributed by atoms with Crippen molar-refractivity contribution in [3.8, 4) is 17.2 Å². The molecule has 3 aliphatic heterocycles. The lowest BCUT2D eigenvalue weighted by Crippen LogP contribution is -2.50. The van der Waals surface area contributed by atoms with E-state index in [0.29, 0.717) is 39.0 Å². The maximum atomic E-state index is 13.8. The van der Waals surface area contributed by atoms with Crippen molar-refractivity contribution in [2.24, 2.45) is 0 Å². The molecule has 1 aromatic heterocycles. The first-order valence-electron chi connectivity index (χ1n) is 12.1. The molecule has 3 aliphatic rings. The summed E-state index contributed by atoms with van der Waals surface area (Å²) < 4.78 is 60.8. The second-order valence-corrected chi connectivity index (χ2v) is 9.43. The third-order valence-corrected chi connectivity index (χ3v) is 7.22. The first-order chi connectivity index (χ1) is 17.3. The highest BCUT2D eigenvalue weighted by molar-refractivity contribution is 5.94. The van der Waals surface area contributed by atoms with Gasteiger partial charge in [0.25, 0.3) is 5.91 Å². The van der Waals surface area contributed by atoms with Gasteiger partial charge in [0.15, 0.2) is 5.60 Å². The largest absolute Gasteiger partial charge is 0.487 e. The van der Waals surface area contributed by atoms with Gasteiger partial charge in [0.2, 0.25) is 0 Å². The number of carbonyl (C=O) groups excluding carboxylic acids is 1. The second kappa shape index (κ2) is 8.58. The highest BCUT2D eigenvalue weighted by atomic mass is 19.4. The zero-order valence-corrected chi connectivity index (χ0v) is 19.5. The molecule has 0 bridgehead atoms. The van der Waals surface area contributed by atoms with Crippen molar-refractivity contribution >= 4 is 5.91 Å². The van der Waals surface area contributed by atoms with Crippen molar-refractivity contribution in [1.29, 1.82) is 0 Å². The molecule has 4 heterocycles. The van der Waals surface area contributed by atoms with Gasteiger partial charge in [-0.15, -0.1) is 0 Å². The topological polar surface area (TPSA) is 52.9 Å². The normalized spacial score (nSPS) is 20.5. The molecule has 2 aromatic carbocycles. The first kappa shape index (κ1) is 23.0. The number of aromatic nitrogens is 1. The van der Waals surface area contributed by atoms with Gasteiger partial charge in [-0.1, -0.05) is 12.1 Å². The van der Waals surface area contributed by atoms with Crippen molar-refractivity contribution in [3.05, 3.63) is 77.6 Å². The van der Waals surface area contributed by atoms with Crippen molar-refractivity contribution in [2.45, 2.75) is 37.1 Å². The molecule has 0 saturated carbocycles. The van der Waals surface area contributed by atoms with Crippen LogP contribution in [0.25, 0.3) is 5.69 Å². The van der Waals surface area contributed by atoms with Crippen molar-refractivity contribution < 1.29 is 32.2 Å². The van der Waals surface area contributed by atoms with Crippen LogP contribution in [-0.4, -0.2) is 47.8 Å². The standard InChI is InChI=1S/C27H25F3N2O4/c28-27(29,30)20-16-18(7-8-22(20)35-19-9-15-34-17-19)25(33)31-13-10-26(11-14-31)24-6-3-12-32(24)21-4-1-2-5-23(21)36-26/h1-8,12,16,19H,9-11,13-15,17H2/t19-/m1/s1. The minimum atomic E-state index is -4.65. The molecule has 1 atom stereocenters. The number of hydrogen-bond donors (Lipinski definition) is 0. The second-order valence-electron chi connectivity index (χ2n) is 9.43. The fourth-order valence-electron chi connectivity index (χ4n) is 5.35. The lowest BCUT2D eigenvalue weighted by molar-refractivity contribution is -0.139. The summed E-state index contributed by atoms with van der Waals surface area (Å²) in [5, 5.41) is 0. The molecule has 0 unspecified atom stereocenters. The number of rotatable bonds is 3. The molecule has 36 heavy (non-hydrogen) atoms. The molecule has 9 heteroatoms. The number of ether oxygens (including phenoxy) is 3. The predicted molar refractivity (Wildman–Crippen MR) is 125 cm³/mol. The molecular formula is C27H25F3N2O4. The van der Waals surface area contributed by atoms with Crippen molar-refractivity contribution in [2.75, 3.05) is 26.3 Å². The minimum Gasteiger partial charge on any atom is -0.487 e. The predicted octanol–water partition coefficient (Wildman–Crippen LogP) is 5.19. The Morgan fingerprint density at radius 1 is 1.06 bits per heavy atom. The van der Waals surface area contributed by atoms with Crippen LogP contribution in [0.3, 0.4) is 0 Å². The number of alkyl halides is 3. The van der Waals surface area contributed by atoms with E-state index < -0.39 is 29.4 Å². The quantitative estimate of drug-likeness (QED) is 0.499. The van der Waals surface area contributed by atoms with Gasteiger partial charge in [-0.25, -0.2) is 0 Å². The number of fused-ring (bicyclic) bond motifs is 4. The molecule has 6 rings (SSSR count). The van der Waals surface area contributed by atoms with E-state index in [1.165, 1.54) is 12.1 Å². The average Bonchev–Trinajstić information content (AvgIpc) is 3.57. The number of halogens is 3. The van der Waals surface area contributed by atoms with Gasteiger partial charge < -0.3 is 23.7 Å². The van der Waals surface area contributed by atoms with Gasteiger partial charge in [0.05, 0.1) is 30.2 Å². The van der Waals surface area contributed by atoms with Gasteiger partial charge in [-0.3, -0.25) is 4.79 Å². The Bertz CT molecular complexity index is 1290. The van der Waals surface area contributed by atoms with Gasteiger partial charge >= 0.3 is 6.18 Å². The van der Waals surface area contributed by atoms with E-state index in [0.717, 1.165) is 23.2 Å². The monoisotopic (exact) mass is 498 g/mol. The summed E-state index contributed by atoms with van der Waals surface area (Å²) >= 11 is 0. The number of amides is 1. The maximum absolute atomic E-state index is 13.8. The van der Waals surface area contributed by atoms with E-state index in [9.17, 15) is 18.0 Å². The summed E-state index contributed by atoms with van der Waals surface area (Å²) in [6, 6.07) is 15.4. The molecule has 2 fully saturated rings. The summed E-state index contributed by atoms with van der Waals surface area (Å²) in [6.45, 7) is 1.44. The van der Waals surface area contributed by atoms with Crippen LogP contribution < -0.4 is 9.47 Å². The van der Waals surface area contributed by atoms with E-state index in [1.54, 1.807) is 4.90 Å². The molecule has 2 saturated heterocycles. The van der Waals surface area contributed by atoms with Crippen LogP contribution in [-0.2, 0) is 16.5 Å². The van der Waals surface area contributed by atoms with E-state index in [-0.39, 0.29) is 17.9 Å². The number of carbonyl (C=O) groups is 1. The Morgan fingerprint density at radius 3 is 2.61 bits per heavy atom. The summed E-state index contributed by atoms with van der Waals surface area (Å²) in [6.07, 6.45) is -1.48. The fraction of sp³-hybridized carbons (Fsp3) is 0.370. The smallest absolute Gasteiger partial charge is 0.419 e. The van der Waals surface area contributed by atoms with E-state index in [1.807, 2.05) is 42.6 Å². The van der Waals surface area contributed by atoms with Gasteiger partial charge in [0.1, 0.15) is 17.6 Å². The molecule has 3 aromatic rings. The molecular weight excluding hydrogens is 473 g/mol. The van der Waals surface area contributed by atoms with Crippen LogP contribution in [0.5, 0.6) is 11.5 Å². The Balaban J connectivity index is 1.22. The SMILES string of the molecule is O=C(c1ccc(O[C@@H]2CCOC2)c(C(F)(F)F)c1)N1CCC2(CC1)Oc1ccccc1-n1cccc12. The summed E-state index contributed by atoms with van der Waals surface area (Å²) in [5.74, 6) is 0.0684. The van der Waals surface area contributed by atoms with Crippen molar-refractivity contribution in [1.82, 2.24) is 9.47 Å². The number of likely N-dealkylation sites (tertiary alicyclic amines) is 1. The number of benzene rings is 2. The molecule has 0 radical (unpaired) electrons. The lowest BCUT2D eigenvalue weighted by atomic mass is 9.86. The summed E-state index contributed by atoms with van der Waals surface area (Å²) in [7, 11) is 0. The van der Waals surface area contributed by atoms with Gasteiger partial charge in [0, 0.05) is 44.1 Å². The van der Waals surface area contributed by atoms with Gasteiger partial charge in [-0.2, -0.15) is 13.2 Å². The Morgan fingerprint density at radius 2 is 1.86 bits per heavy atom. The van der Waals surface area contributed by atoms with Crippen LogP contribution in [0.1, 0.15) is 40.9 Å². The molecule has 6 nitrogen and oxygen atoms in total. The lowest BCUT2D eigenvalue weighted by Gasteiger charge is -2.45. The molecule has 1 spiro atoms. The Labute approximate surface area is 206 Å². The van der Waals surface area contributed by atoms with Crippen LogP contribution in [0.2, 0.25) is 0 Å². The van der Waals surface area contributed by atoms with E-state index in [2.05, 4.69) is 4.57 Å². The molecule has 0 N–H and O–H groups in total. The third-order valence-electron chi connectivity index (χ3n) is 7.22. The van der Waals surface area contributed by atoms with Crippen LogP contribution in [0.4, 0.5) is 13.2 Å².